The van der Waals surface area contributed by atoms with Gasteiger partial charge in [-0.2, -0.15) is 8.42 Å². The zero-order valence-electron chi connectivity index (χ0n) is 10.3. The Labute approximate surface area is 106 Å². The number of hydrogen-bond donors (Lipinski definition) is 2. The van der Waals surface area contributed by atoms with Crippen molar-refractivity contribution in [3.8, 4) is 0 Å². The molecule has 0 aliphatic heterocycles. The smallest absolute Gasteiger partial charge is 0.278 e. The van der Waals surface area contributed by atoms with Crippen molar-refractivity contribution in [2.45, 2.75) is 25.3 Å². The number of aromatic nitrogens is 2. The predicted octanol–water partition coefficient (Wildman–Crippen LogP) is 2.08. The number of nitrogens with one attached hydrogen (secondary N) is 2. The number of hydrogen-bond acceptors (Lipinski definition) is 3. The summed E-state index contributed by atoms with van der Waals surface area (Å²) in [5.74, 6) is 0. The third-order valence-corrected chi connectivity index (χ3v) is 4.05. The van der Waals surface area contributed by atoms with E-state index in [-0.39, 0.29) is 5.03 Å². The van der Waals surface area contributed by atoms with Crippen LogP contribution >= 0.6 is 0 Å². The maximum absolute atomic E-state index is 11.9. The molecule has 0 fully saturated rings. The van der Waals surface area contributed by atoms with Gasteiger partial charge in [0, 0.05) is 5.69 Å². The molecule has 0 radical (unpaired) electrons. The van der Waals surface area contributed by atoms with Crippen LogP contribution in [0.2, 0.25) is 0 Å². The molecule has 96 valence electrons. The van der Waals surface area contributed by atoms with E-state index in [1.807, 2.05) is 19.1 Å². The van der Waals surface area contributed by atoms with Crippen molar-refractivity contribution in [3.63, 3.8) is 0 Å². The van der Waals surface area contributed by atoms with Crippen molar-refractivity contribution in [1.82, 2.24) is 9.97 Å². The Hall–Kier alpha value is -1.82. The number of sulfonamides is 1. The van der Waals surface area contributed by atoms with Gasteiger partial charge in [0.1, 0.15) is 0 Å². The molecule has 1 aromatic heterocycles. The predicted molar refractivity (Wildman–Crippen MR) is 70.0 cm³/mol. The third kappa shape index (κ3) is 2.53. The van der Waals surface area contributed by atoms with Gasteiger partial charge in [-0.15, -0.1) is 0 Å². The highest BCUT2D eigenvalue weighted by Gasteiger charge is 2.15. The normalized spacial score (nSPS) is 11.4. The Morgan fingerprint density at radius 1 is 1.39 bits per heavy atom. The van der Waals surface area contributed by atoms with Crippen LogP contribution in [0.1, 0.15) is 18.1 Å². The number of imidazole rings is 1. The molecule has 2 rings (SSSR count). The maximum Gasteiger partial charge on any atom is 0.278 e. The second kappa shape index (κ2) is 4.81. The van der Waals surface area contributed by atoms with Crippen LogP contribution in [0, 0.1) is 6.92 Å². The average molecular weight is 265 g/mol. The molecule has 0 spiro atoms. The molecule has 0 aliphatic carbocycles. The number of anilines is 1. The van der Waals surface area contributed by atoms with Gasteiger partial charge in [-0.05, 0) is 36.6 Å². The molecule has 18 heavy (non-hydrogen) atoms. The first-order valence-corrected chi connectivity index (χ1v) is 7.12. The van der Waals surface area contributed by atoms with E-state index in [1.54, 1.807) is 6.07 Å². The lowest BCUT2D eigenvalue weighted by Gasteiger charge is -2.09. The van der Waals surface area contributed by atoms with Crippen molar-refractivity contribution >= 4 is 15.7 Å². The lowest BCUT2D eigenvalue weighted by atomic mass is 10.1. The Bertz CT molecular complexity index is 633. The first-order chi connectivity index (χ1) is 8.53. The van der Waals surface area contributed by atoms with Crippen LogP contribution in [0.25, 0.3) is 0 Å². The van der Waals surface area contributed by atoms with E-state index >= 15 is 0 Å². The summed E-state index contributed by atoms with van der Waals surface area (Å²) in [4.78, 5) is 6.27. The number of aromatic amines is 1. The molecule has 0 aliphatic rings. The summed E-state index contributed by atoms with van der Waals surface area (Å²) >= 11 is 0. The largest absolute Gasteiger partial charge is 0.334 e. The van der Waals surface area contributed by atoms with E-state index in [2.05, 4.69) is 21.6 Å². The van der Waals surface area contributed by atoms with E-state index in [4.69, 9.17) is 0 Å². The molecule has 0 saturated carbocycles. The summed E-state index contributed by atoms with van der Waals surface area (Å²) in [6.45, 7) is 4.03. The second-order valence-electron chi connectivity index (χ2n) is 4.02. The van der Waals surface area contributed by atoms with E-state index in [0.717, 1.165) is 12.0 Å². The standard InChI is InChI=1S/C12H15N3O2S/c1-3-10-4-5-11(6-9(10)2)15-18(16,17)12-7-13-8-14-12/h4-8,15H,3H2,1-2H3,(H,13,14). The van der Waals surface area contributed by atoms with Crippen LogP contribution in [-0.2, 0) is 16.4 Å². The quantitative estimate of drug-likeness (QED) is 0.888. The fourth-order valence-electron chi connectivity index (χ4n) is 1.76. The van der Waals surface area contributed by atoms with Crippen molar-refractivity contribution in [2.75, 3.05) is 4.72 Å². The summed E-state index contributed by atoms with van der Waals surface area (Å²) in [5, 5.41) is 0.0553. The minimum absolute atomic E-state index is 0.0553. The molecule has 0 bridgehead atoms. The zero-order chi connectivity index (χ0) is 13.2. The summed E-state index contributed by atoms with van der Waals surface area (Å²) in [6.07, 6.45) is 3.54. The zero-order valence-corrected chi connectivity index (χ0v) is 11.1. The Morgan fingerprint density at radius 2 is 2.17 bits per heavy atom. The van der Waals surface area contributed by atoms with E-state index in [1.165, 1.54) is 18.1 Å². The number of rotatable bonds is 4. The molecule has 0 saturated heterocycles. The van der Waals surface area contributed by atoms with Crippen molar-refractivity contribution in [2.24, 2.45) is 0 Å². The fraction of sp³-hybridized carbons (Fsp3) is 0.250. The number of nitrogens with zero attached hydrogens (tertiary/aromatic N) is 1. The number of aryl methyl sites for hydroxylation is 2. The molecule has 0 unspecified atom stereocenters. The fourth-order valence-corrected chi connectivity index (χ4v) is 2.71. The molecular weight excluding hydrogens is 250 g/mol. The first-order valence-electron chi connectivity index (χ1n) is 5.63. The monoisotopic (exact) mass is 265 g/mol. The molecule has 2 aromatic rings. The highest BCUT2D eigenvalue weighted by Crippen LogP contribution is 2.18. The highest BCUT2D eigenvalue weighted by atomic mass is 32.2. The third-order valence-electron chi connectivity index (χ3n) is 2.74. The molecule has 6 heteroatoms. The molecule has 0 atom stereocenters. The first kappa shape index (κ1) is 12.6. The summed E-state index contributed by atoms with van der Waals surface area (Å²) < 4.78 is 26.4. The van der Waals surface area contributed by atoms with E-state index in [9.17, 15) is 8.42 Å². The van der Waals surface area contributed by atoms with Gasteiger partial charge in [-0.1, -0.05) is 13.0 Å². The van der Waals surface area contributed by atoms with Crippen LogP contribution in [-0.4, -0.2) is 18.4 Å². The van der Waals surface area contributed by atoms with Crippen LogP contribution < -0.4 is 4.72 Å². The minimum Gasteiger partial charge on any atom is -0.334 e. The Balaban J connectivity index is 2.27. The van der Waals surface area contributed by atoms with E-state index < -0.39 is 10.0 Å². The van der Waals surface area contributed by atoms with Crippen LogP contribution in [0.5, 0.6) is 0 Å². The van der Waals surface area contributed by atoms with Crippen LogP contribution in [0.15, 0.2) is 35.7 Å². The van der Waals surface area contributed by atoms with Crippen LogP contribution in [0.4, 0.5) is 5.69 Å². The van der Waals surface area contributed by atoms with Gasteiger partial charge >= 0.3 is 0 Å². The molecule has 1 heterocycles. The van der Waals surface area contributed by atoms with Crippen molar-refractivity contribution in [1.29, 1.82) is 0 Å². The number of benzene rings is 1. The van der Waals surface area contributed by atoms with Gasteiger partial charge in [0.25, 0.3) is 10.0 Å². The summed E-state index contributed by atoms with van der Waals surface area (Å²) in [5.41, 5.74) is 2.83. The van der Waals surface area contributed by atoms with Gasteiger partial charge in [-0.25, -0.2) is 4.98 Å². The van der Waals surface area contributed by atoms with Gasteiger partial charge in [0.05, 0.1) is 12.5 Å². The highest BCUT2D eigenvalue weighted by molar-refractivity contribution is 7.92. The summed E-state index contributed by atoms with van der Waals surface area (Å²) in [6, 6.07) is 5.52. The minimum atomic E-state index is -3.57. The SMILES string of the molecule is CCc1ccc(NS(=O)(=O)c2cnc[nH]2)cc1C. The number of H-pyrrole nitrogens is 1. The van der Waals surface area contributed by atoms with Crippen LogP contribution in [0.3, 0.4) is 0 Å². The molecule has 1 aromatic carbocycles. The topological polar surface area (TPSA) is 74.8 Å². The van der Waals surface area contributed by atoms with Gasteiger partial charge in [-0.3, -0.25) is 4.72 Å². The van der Waals surface area contributed by atoms with E-state index in [0.29, 0.717) is 5.69 Å². The lowest BCUT2D eigenvalue weighted by molar-refractivity contribution is 0.598. The Morgan fingerprint density at radius 3 is 2.72 bits per heavy atom. The van der Waals surface area contributed by atoms with Gasteiger partial charge in [0.2, 0.25) is 0 Å². The Kier molecular flexibility index (Phi) is 3.38. The van der Waals surface area contributed by atoms with Crippen molar-refractivity contribution in [3.05, 3.63) is 41.9 Å². The summed E-state index contributed by atoms with van der Waals surface area (Å²) in [7, 11) is -3.57. The average Bonchev–Trinajstić information content (AvgIpc) is 2.82. The lowest BCUT2D eigenvalue weighted by Crippen LogP contribution is -2.13. The van der Waals surface area contributed by atoms with Crippen molar-refractivity contribution < 1.29 is 8.42 Å². The molecular formula is C12H15N3O2S. The van der Waals surface area contributed by atoms with Gasteiger partial charge in [0.15, 0.2) is 5.03 Å². The molecule has 5 nitrogen and oxygen atoms in total. The molecule has 0 amide bonds. The van der Waals surface area contributed by atoms with Gasteiger partial charge < -0.3 is 4.98 Å². The molecule has 2 N–H and O–H groups in total. The second-order valence-corrected chi connectivity index (χ2v) is 5.67. The maximum atomic E-state index is 11.9.